The predicted molar refractivity (Wildman–Crippen MR) is 133 cm³/mol. The van der Waals surface area contributed by atoms with Crippen LogP contribution in [0.25, 0.3) is 11.1 Å². The first-order valence-corrected chi connectivity index (χ1v) is 12.7. The van der Waals surface area contributed by atoms with Crippen molar-refractivity contribution >= 4 is 23.8 Å². The van der Waals surface area contributed by atoms with Crippen molar-refractivity contribution in [3.05, 3.63) is 59.9 Å². The molecule has 1 N–H and O–H groups in total. The highest BCUT2D eigenvalue weighted by Crippen LogP contribution is 2.58. The lowest BCUT2D eigenvalue weighted by molar-refractivity contribution is -0.192. The monoisotopic (exact) mass is 564 g/mol. The standard InChI is InChI=1S/C26H27FN2O4.C2HF3O2/c1-3-28-23(30)20-21(24(28)31)26(25(32)33-2)14-4-5-15-29(26)22(20)18-8-6-16(7-9-18)17-10-12-19(27)13-11-17;3-2(4,5)1(6)7/h6-13,20-22H,3-5,14-15H2,1-2H3;(H,6,7)/t20-,21-,22+,26-;/m0./s1. The Labute approximate surface area is 227 Å². The molecule has 0 radical (unpaired) electrons. The average Bonchev–Trinajstić information content (AvgIpc) is 3.38. The molecule has 40 heavy (non-hydrogen) atoms. The van der Waals surface area contributed by atoms with E-state index in [1.165, 1.54) is 24.1 Å². The quantitative estimate of drug-likeness (QED) is 0.337. The van der Waals surface area contributed by atoms with Gasteiger partial charge in [-0.3, -0.25) is 24.2 Å². The molecule has 0 unspecified atom stereocenters. The number of alkyl halides is 3. The van der Waals surface area contributed by atoms with Crippen LogP contribution >= 0.6 is 0 Å². The molecule has 0 aromatic heterocycles. The van der Waals surface area contributed by atoms with E-state index in [0.29, 0.717) is 13.0 Å². The van der Waals surface area contributed by atoms with Gasteiger partial charge in [-0.25, -0.2) is 9.18 Å². The first kappa shape index (κ1) is 29.2. The second-order valence-electron chi connectivity index (χ2n) is 9.87. The number of esters is 1. The Kier molecular flexibility index (Phi) is 8.02. The fraction of sp³-hybridized carbons (Fsp3) is 0.429. The number of carboxylic acids is 1. The second kappa shape index (κ2) is 11.0. The molecule has 0 bridgehead atoms. The van der Waals surface area contributed by atoms with Gasteiger partial charge in [0.05, 0.1) is 18.9 Å². The van der Waals surface area contributed by atoms with E-state index < -0.39 is 35.5 Å². The Morgan fingerprint density at radius 1 is 1.00 bits per heavy atom. The molecule has 4 atom stereocenters. The summed E-state index contributed by atoms with van der Waals surface area (Å²) in [5.74, 6) is -5.31. The summed E-state index contributed by atoms with van der Waals surface area (Å²) < 4.78 is 50.3. The molecule has 0 saturated carbocycles. The SMILES string of the molecule is CCN1C(=O)[C@@H]2[C@@H](c3ccc(-c4ccc(F)cc4)cc3)N3CCCC[C@@]3(C(=O)OC)[C@@H]2C1=O.O=C(O)C(F)(F)F. The largest absolute Gasteiger partial charge is 0.490 e. The zero-order valence-electron chi connectivity index (χ0n) is 21.8. The van der Waals surface area contributed by atoms with Gasteiger partial charge in [0.1, 0.15) is 11.4 Å². The summed E-state index contributed by atoms with van der Waals surface area (Å²) in [6, 6.07) is 13.7. The van der Waals surface area contributed by atoms with Crippen LogP contribution in [0.4, 0.5) is 17.6 Å². The zero-order valence-corrected chi connectivity index (χ0v) is 21.8. The van der Waals surface area contributed by atoms with Crippen molar-refractivity contribution in [2.24, 2.45) is 11.8 Å². The van der Waals surface area contributed by atoms with Crippen molar-refractivity contribution in [3.63, 3.8) is 0 Å². The molecule has 12 heteroatoms. The van der Waals surface area contributed by atoms with E-state index in [4.69, 9.17) is 14.6 Å². The molecule has 3 aliphatic rings. The molecule has 3 heterocycles. The van der Waals surface area contributed by atoms with Gasteiger partial charge in [-0.2, -0.15) is 13.2 Å². The summed E-state index contributed by atoms with van der Waals surface area (Å²) in [5.41, 5.74) is 1.59. The molecule has 3 fully saturated rings. The first-order chi connectivity index (χ1) is 18.9. The number of likely N-dealkylation sites (tertiary alicyclic amines) is 1. The number of carbonyl (C=O) groups is 4. The Bertz CT molecular complexity index is 1300. The van der Waals surface area contributed by atoms with E-state index in [-0.39, 0.29) is 30.2 Å². The Balaban J connectivity index is 0.000000470. The molecule has 3 saturated heterocycles. The number of nitrogens with zero attached hydrogens (tertiary/aromatic N) is 2. The number of rotatable bonds is 4. The van der Waals surface area contributed by atoms with E-state index in [1.54, 1.807) is 19.1 Å². The highest BCUT2D eigenvalue weighted by atomic mass is 19.4. The molecular weight excluding hydrogens is 536 g/mol. The van der Waals surface area contributed by atoms with Gasteiger partial charge < -0.3 is 9.84 Å². The lowest BCUT2D eigenvalue weighted by atomic mass is 9.75. The van der Waals surface area contributed by atoms with Crippen LogP contribution in [0.1, 0.15) is 37.8 Å². The van der Waals surface area contributed by atoms with Crippen LogP contribution < -0.4 is 0 Å². The molecule has 3 aliphatic heterocycles. The topological polar surface area (TPSA) is 104 Å². The number of ether oxygens (including phenoxy) is 1. The zero-order chi connectivity index (χ0) is 29.4. The maximum Gasteiger partial charge on any atom is 0.490 e. The molecule has 2 aromatic carbocycles. The normalized spacial score (nSPS) is 26.1. The number of benzene rings is 2. The fourth-order valence-corrected chi connectivity index (χ4v) is 6.24. The fourth-order valence-electron chi connectivity index (χ4n) is 6.24. The van der Waals surface area contributed by atoms with Crippen LogP contribution in [-0.2, 0) is 23.9 Å². The van der Waals surface area contributed by atoms with E-state index in [9.17, 15) is 31.9 Å². The predicted octanol–water partition coefficient (Wildman–Crippen LogP) is 4.20. The number of amides is 2. The first-order valence-electron chi connectivity index (χ1n) is 12.7. The summed E-state index contributed by atoms with van der Waals surface area (Å²) in [4.78, 5) is 52.3. The summed E-state index contributed by atoms with van der Waals surface area (Å²) in [5, 5.41) is 7.12. The van der Waals surface area contributed by atoms with Gasteiger partial charge in [-0.15, -0.1) is 0 Å². The number of imide groups is 1. The van der Waals surface area contributed by atoms with Gasteiger partial charge in [-0.05, 0) is 61.6 Å². The van der Waals surface area contributed by atoms with E-state index >= 15 is 0 Å². The highest BCUT2D eigenvalue weighted by molar-refractivity contribution is 6.09. The van der Waals surface area contributed by atoms with Crippen molar-refractivity contribution in [1.82, 2.24) is 9.80 Å². The minimum absolute atomic E-state index is 0.210. The lowest BCUT2D eigenvalue weighted by Gasteiger charge is -2.44. The summed E-state index contributed by atoms with van der Waals surface area (Å²) in [6.07, 6.45) is -2.89. The molecule has 8 nitrogen and oxygen atoms in total. The minimum atomic E-state index is -5.08. The number of hydrogen-bond acceptors (Lipinski definition) is 6. The number of methoxy groups -OCH3 is 1. The van der Waals surface area contributed by atoms with Crippen LogP contribution in [0.5, 0.6) is 0 Å². The second-order valence-corrected chi connectivity index (χ2v) is 9.87. The number of fused-ring (bicyclic) bond motifs is 3. The van der Waals surface area contributed by atoms with Crippen molar-refractivity contribution in [2.75, 3.05) is 20.2 Å². The maximum absolute atomic E-state index is 13.4. The molecule has 0 spiro atoms. The smallest absolute Gasteiger partial charge is 0.475 e. The molecular formula is C28H28F4N2O6. The van der Waals surface area contributed by atoms with Crippen molar-refractivity contribution < 1.29 is 46.6 Å². The van der Waals surface area contributed by atoms with Crippen LogP contribution in [-0.4, -0.2) is 70.6 Å². The summed E-state index contributed by atoms with van der Waals surface area (Å²) >= 11 is 0. The number of piperidine rings is 1. The molecule has 0 aliphatic carbocycles. The van der Waals surface area contributed by atoms with Gasteiger partial charge in [-0.1, -0.05) is 36.4 Å². The van der Waals surface area contributed by atoms with Gasteiger partial charge in [0.25, 0.3) is 0 Å². The number of hydrogen-bond donors (Lipinski definition) is 1. The highest BCUT2D eigenvalue weighted by Gasteiger charge is 2.72. The van der Waals surface area contributed by atoms with E-state index in [1.807, 2.05) is 24.3 Å². The van der Waals surface area contributed by atoms with Gasteiger partial charge in [0, 0.05) is 12.6 Å². The molecule has 5 rings (SSSR count). The van der Waals surface area contributed by atoms with Crippen molar-refractivity contribution in [3.8, 4) is 11.1 Å². The lowest BCUT2D eigenvalue weighted by Crippen LogP contribution is -2.59. The Morgan fingerprint density at radius 3 is 2.05 bits per heavy atom. The summed E-state index contributed by atoms with van der Waals surface area (Å²) in [6.45, 7) is 2.70. The Morgan fingerprint density at radius 2 is 1.55 bits per heavy atom. The summed E-state index contributed by atoms with van der Waals surface area (Å²) in [7, 11) is 1.35. The third-order valence-electron chi connectivity index (χ3n) is 7.88. The number of carboxylic acid groups (broad SMARTS) is 1. The van der Waals surface area contributed by atoms with Gasteiger partial charge in [0.2, 0.25) is 11.8 Å². The minimum Gasteiger partial charge on any atom is -0.475 e. The van der Waals surface area contributed by atoms with Crippen LogP contribution in [0, 0.1) is 17.7 Å². The molecule has 2 aromatic rings. The molecule has 2 amide bonds. The third kappa shape index (κ3) is 4.85. The van der Waals surface area contributed by atoms with Crippen LogP contribution in [0.2, 0.25) is 0 Å². The number of aliphatic carboxylic acids is 1. The van der Waals surface area contributed by atoms with Gasteiger partial charge in [0.15, 0.2) is 0 Å². The third-order valence-corrected chi connectivity index (χ3v) is 7.88. The van der Waals surface area contributed by atoms with Crippen molar-refractivity contribution in [2.45, 2.75) is 43.9 Å². The van der Waals surface area contributed by atoms with E-state index in [2.05, 4.69) is 4.90 Å². The Hall–Kier alpha value is -3.80. The van der Waals surface area contributed by atoms with Crippen LogP contribution in [0.15, 0.2) is 48.5 Å². The number of carbonyl (C=O) groups excluding carboxylic acids is 3. The van der Waals surface area contributed by atoms with Crippen molar-refractivity contribution in [1.29, 1.82) is 0 Å². The van der Waals surface area contributed by atoms with E-state index in [0.717, 1.165) is 29.5 Å². The van der Waals surface area contributed by atoms with Crippen LogP contribution in [0.3, 0.4) is 0 Å². The average molecular weight is 565 g/mol. The number of halogens is 4. The van der Waals surface area contributed by atoms with Gasteiger partial charge >= 0.3 is 18.1 Å². The molecule has 214 valence electrons. The maximum atomic E-state index is 13.4.